The lowest BCUT2D eigenvalue weighted by Crippen LogP contribution is -2.01. The number of hydrogen-bond donors (Lipinski definition) is 0. The molecular formula is C19H13ClN2O5. The number of aromatic nitrogens is 2. The molecular weight excluding hydrogens is 372 g/mol. The highest BCUT2D eigenvalue weighted by atomic mass is 35.5. The Morgan fingerprint density at radius 2 is 2.04 bits per heavy atom. The van der Waals surface area contributed by atoms with Crippen LogP contribution in [-0.4, -0.2) is 22.9 Å². The molecule has 0 saturated heterocycles. The van der Waals surface area contributed by atoms with Gasteiger partial charge in [0.15, 0.2) is 18.1 Å². The molecule has 0 radical (unpaired) electrons. The monoisotopic (exact) mass is 384 g/mol. The summed E-state index contributed by atoms with van der Waals surface area (Å²) in [7, 11) is 0. The van der Waals surface area contributed by atoms with Gasteiger partial charge in [0.05, 0.1) is 5.02 Å². The summed E-state index contributed by atoms with van der Waals surface area (Å²) >= 11 is 6.10. The lowest BCUT2D eigenvalue weighted by Gasteiger charge is -1.99. The first-order chi connectivity index (χ1) is 13.2. The molecule has 1 aliphatic heterocycles. The molecule has 1 aromatic heterocycles. The second kappa shape index (κ2) is 7.51. The van der Waals surface area contributed by atoms with Crippen molar-refractivity contribution in [3.8, 4) is 22.9 Å². The molecule has 2 aromatic carbocycles. The molecule has 3 aromatic rings. The molecule has 4 rings (SSSR count). The molecule has 8 heteroatoms. The van der Waals surface area contributed by atoms with E-state index in [0.717, 1.165) is 5.56 Å². The smallest absolute Gasteiger partial charge is 0.331 e. The van der Waals surface area contributed by atoms with Crippen LogP contribution in [0.1, 0.15) is 11.5 Å². The molecule has 0 fully saturated rings. The van der Waals surface area contributed by atoms with Crippen LogP contribution in [0.25, 0.3) is 17.5 Å². The average Bonchev–Trinajstić information content (AvgIpc) is 3.34. The van der Waals surface area contributed by atoms with Crippen molar-refractivity contribution in [2.24, 2.45) is 0 Å². The van der Waals surface area contributed by atoms with Crippen molar-refractivity contribution in [2.45, 2.75) is 6.61 Å². The van der Waals surface area contributed by atoms with Gasteiger partial charge in [0.25, 0.3) is 5.89 Å². The number of rotatable bonds is 5. The fraction of sp³-hybridized carbons (Fsp3) is 0.105. The third kappa shape index (κ3) is 3.93. The van der Waals surface area contributed by atoms with E-state index >= 15 is 0 Å². The van der Waals surface area contributed by atoms with Gasteiger partial charge >= 0.3 is 5.97 Å². The molecule has 2 heterocycles. The van der Waals surface area contributed by atoms with Crippen LogP contribution in [0.3, 0.4) is 0 Å². The first-order valence-corrected chi connectivity index (χ1v) is 8.39. The lowest BCUT2D eigenvalue weighted by molar-refractivity contribution is -0.139. The van der Waals surface area contributed by atoms with Crippen LogP contribution in [0.15, 0.2) is 53.1 Å². The van der Waals surface area contributed by atoms with Gasteiger partial charge in [0.1, 0.15) is 0 Å². The van der Waals surface area contributed by atoms with Gasteiger partial charge in [-0.25, -0.2) is 4.79 Å². The first kappa shape index (κ1) is 17.1. The minimum Gasteiger partial charge on any atom is -0.454 e. The van der Waals surface area contributed by atoms with Crippen molar-refractivity contribution < 1.29 is 23.5 Å². The minimum atomic E-state index is -0.537. The Bertz CT molecular complexity index is 1010. The van der Waals surface area contributed by atoms with Crippen LogP contribution < -0.4 is 9.47 Å². The topological polar surface area (TPSA) is 83.7 Å². The van der Waals surface area contributed by atoms with E-state index in [1.54, 1.807) is 36.4 Å². The van der Waals surface area contributed by atoms with Gasteiger partial charge in [-0.15, -0.1) is 0 Å². The molecule has 0 aliphatic carbocycles. The third-order valence-electron chi connectivity index (χ3n) is 3.73. The van der Waals surface area contributed by atoms with Gasteiger partial charge < -0.3 is 18.7 Å². The lowest BCUT2D eigenvalue weighted by atomic mass is 10.2. The normalized spacial score (nSPS) is 12.5. The Hall–Kier alpha value is -3.32. The summed E-state index contributed by atoms with van der Waals surface area (Å²) in [6.07, 6.45) is 2.93. The van der Waals surface area contributed by atoms with Gasteiger partial charge in [-0.05, 0) is 35.9 Å². The Morgan fingerprint density at radius 1 is 1.19 bits per heavy atom. The molecule has 7 nitrogen and oxygen atoms in total. The van der Waals surface area contributed by atoms with E-state index < -0.39 is 5.97 Å². The van der Waals surface area contributed by atoms with Crippen molar-refractivity contribution in [1.82, 2.24) is 10.1 Å². The predicted octanol–water partition coefficient (Wildman–Crippen LogP) is 3.88. The largest absolute Gasteiger partial charge is 0.454 e. The van der Waals surface area contributed by atoms with E-state index in [4.69, 9.17) is 30.3 Å². The molecule has 1 aliphatic rings. The number of carbonyl (C=O) groups is 1. The van der Waals surface area contributed by atoms with Crippen LogP contribution in [0.5, 0.6) is 11.5 Å². The molecule has 0 N–H and O–H groups in total. The van der Waals surface area contributed by atoms with E-state index in [-0.39, 0.29) is 19.3 Å². The number of nitrogens with zero attached hydrogens (tertiary/aromatic N) is 2. The SMILES string of the molecule is O=C(/C=C/c1ccc2c(c1)OCO2)OCc1nc(-c2ccccc2Cl)no1. The van der Waals surface area contributed by atoms with Crippen molar-refractivity contribution in [1.29, 1.82) is 0 Å². The van der Waals surface area contributed by atoms with Crippen molar-refractivity contribution in [3.63, 3.8) is 0 Å². The number of ether oxygens (including phenoxy) is 3. The van der Waals surface area contributed by atoms with E-state index in [2.05, 4.69) is 10.1 Å². The van der Waals surface area contributed by atoms with Gasteiger partial charge in [-0.1, -0.05) is 35.0 Å². The number of carbonyl (C=O) groups excluding carboxylic acids is 1. The quantitative estimate of drug-likeness (QED) is 0.487. The zero-order valence-electron chi connectivity index (χ0n) is 13.9. The molecule has 0 amide bonds. The molecule has 0 unspecified atom stereocenters. The maximum atomic E-state index is 11.9. The van der Waals surface area contributed by atoms with Crippen molar-refractivity contribution in [2.75, 3.05) is 6.79 Å². The zero-order chi connectivity index (χ0) is 18.6. The van der Waals surface area contributed by atoms with Crippen LogP contribution >= 0.6 is 11.6 Å². The Kier molecular flexibility index (Phi) is 4.76. The molecule has 0 bridgehead atoms. The van der Waals surface area contributed by atoms with E-state index in [9.17, 15) is 4.79 Å². The van der Waals surface area contributed by atoms with E-state index in [1.165, 1.54) is 6.08 Å². The number of halogens is 1. The highest BCUT2D eigenvalue weighted by molar-refractivity contribution is 6.33. The standard InChI is InChI=1S/C19H13ClN2O5/c20-14-4-2-1-3-13(14)19-21-17(27-22-19)10-24-18(23)8-6-12-5-7-15-16(9-12)26-11-25-15/h1-9H,10-11H2/b8-6+. The summed E-state index contributed by atoms with van der Waals surface area (Å²) in [6.45, 7) is 0.0622. The summed E-state index contributed by atoms with van der Waals surface area (Å²) in [4.78, 5) is 16.1. The Balaban J connectivity index is 1.35. The Labute approximate surface area is 159 Å². The molecule has 0 atom stereocenters. The highest BCUT2D eigenvalue weighted by Crippen LogP contribution is 2.32. The van der Waals surface area contributed by atoms with E-state index in [0.29, 0.717) is 27.9 Å². The summed E-state index contributed by atoms with van der Waals surface area (Å²) in [6, 6.07) is 12.5. The number of hydrogen-bond acceptors (Lipinski definition) is 7. The van der Waals surface area contributed by atoms with Crippen molar-refractivity contribution >= 4 is 23.6 Å². The molecule has 136 valence electrons. The summed E-state index contributed by atoms with van der Waals surface area (Å²) in [5, 5.41) is 4.35. The predicted molar refractivity (Wildman–Crippen MR) is 96.1 cm³/mol. The summed E-state index contributed by atoms with van der Waals surface area (Å²) in [5.41, 5.74) is 1.43. The van der Waals surface area contributed by atoms with Gasteiger partial charge in [-0.3, -0.25) is 0 Å². The molecule has 0 saturated carbocycles. The summed E-state index contributed by atoms with van der Waals surface area (Å²) in [5.74, 6) is 1.30. The fourth-order valence-electron chi connectivity index (χ4n) is 2.43. The number of fused-ring (bicyclic) bond motifs is 1. The second-order valence-electron chi connectivity index (χ2n) is 5.55. The minimum absolute atomic E-state index is 0.137. The van der Waals surface area contributed by atoms with Gasteiger partial charge in [0, 0.05) is 11.6 Å². The molecule has 0 spiro atoms. The zero-order valence-corrected chi connectivity index (χ0v) is 14.7. The van der Waals surface area contributed by atoms with Crippen LogP contribution in [0.4, 0.5) is 0 Å². The number of benzene rings is 2. The van der Waals surface area contributed by atoms with Crippen LogP contribution in [-0.2, 0) is 16.1 Å². The van der Waals surface area contributed by atoms with Gasteiger partial charge in [0.2, 0.25) is 12.6 Å². The maximum absolute atomic E-state index is 11.9. The summed E-state index contributed by atoms with van der Waals surface area (Å²) < 4.78 is 20.7. The average molecular weight is 385 g/mol. The third-order valence-corrected chi connectivity index (χ3v) is 4.06. The maximum Gasteiger partial charge on any atom is 0.331 e. The van der Waals surface area contributed by atoms with Crippen molar-refractivity contribution in [3.05, 3.63) is 65.0 Å². The first-order valence-electron chi connectivity index (χ1n) is 8.01. The van der Waals surface area contributed by atoms with Crippen LogP contribution in [0, 0.1) is 0 Å². The van der Waals surface area contributed by atoms with E-state index in [1.807, 2.05) is 12.1 Å². The fourth-order valence-corrected chi connectivity index (χ4v) is 2.65. The van der Waals surface area contributed by atoms with Crippen LogP contribution in [0.2, 0.25) is 5.02 Å². The van der Waals surface area contributed by atoms with Gasteiger partial charge in [-0.2, -0.15) is 4.98 Å². The second-order valence-corrected chi connectivity index (χ2v) is 5.95. The number of esters is 1. The Morgan fingerprint density at radius 3 is 2.93 bits per heavy atom. The molecule has 27 heavy (non-hydrogen) atoms. The highest BCUT2D eigenvalue weighted by Gasteiger charge is 2.14.